The third-order valence-corrected chi connectivity index (χ3v) is 5.07. The summed E-state index contributed by atoms with van der Waals surface area (Å²) < 4.78 is 2.06. The standard InChI is InChI=1S/C17H21N3OS/c1-19-11-9-18-16(19)13-6-5-10-20(12-13)17(21)14-7-3-4-8-15(14)22-2/h3-4,7-9,11,13H,5-6,10,12H2,1-2H3. The first-order valence-electron chi connectivity index (χ1n) is 7.60. The van der Waals surface area contributed by atoms with E-state index in [0.717, 1.165) is 42.2 Å². The summed E-state index contributed by atoms with van der Waals surface area (Å²) in [4.78, 5) is 20.4. The van der Waals surface area contributed by atoms with E-state index in [4.69, 9.17) is 0 Å². The lowest BCUT2D eigenvalue weighted by atomic mass is 9.96. The summed E-state index contributed by atoms with van der Waals surface area (Å²) in [6.07, 6.45) is 7.95. The van der Waals surface area contributed by atoms with Gasteiger partial charge in [0.15, 0.2) is 0 Å². The number of carbonyl (C=O) groups excluding carboxylic acids is 1. The molecular formula is C17H21N3OS. The van der Waals surface area contributed by atoms with Gasteiger partial charge in [-0.1, -0.05) is 12.1 Å². The molecule has 1 fully saturated rings. The van der Waals surface area contributed by atoms with Gasteiger partial charge in [-0.05, 0) is 31.2 Å². The minimum absolute atomic E-state index is 0.142. The van der Waals surface area contributed by atoms with Gasteiger partial charge in [0.05, 0.1) is 5.56 Å². The zero-order valence-electron chi connectivity index (χ0n) is 13.0. The molecule has 0 spiro atoms. The highest BCUT2D eigenvalue weighted by Crippen LogP contribution is 2.28. The Hall–Kier alpha value is -1.75. The zero-order valence-corrected chi connectivity index (χ0v) is 13.8. The van der Waals surface area contributed by atoms with Crippen molar-refractivity contribution >= 4 is 17.7 Å². The highest BCUT2D eigenvalue weighted by Gasteiger charge is 2.28. The number of imidazole rings is 1. The molecule has 0 bridgehead atoms. The summed E-state index contributed by atoms with van der Waals surface area (Å²) in [5, 5.41) is 0. The van der Waals surface area contributed by atoms with Crippen LogP contribution in [0.1, 0.15) is 34.9 Å². The summed E-state index contributed by atoms with van der Waals surface area (Å²) in [6.45, 7) is 1.59. The first kappa shape index (κ1) is 15.2. The molecule has 0 aliphatic carbocycles. The molecule has 116 valence electrons. The Morgan fingerprint density at radius 3 is 2.91 bits per heavy atom. The Labute approximate surface area is 135 Å². The summed E-state index contributed by atoms with van der Waals surface area (Å²) in [7, 11) is 2.02. The molecule has 0 saturated carbocycles. The zero-order chi connectivity index (χ0) is 15.5. The second-order valence-electron chi connectivity index (χ2n) is 5.69. The van der Waals surface area contributed by atoms with E-state index in [1.165, 1.54) is 0 Å². The molecule has 22 heavy (non-hydrogen) atoms. The second kappa shape index (κ2) is 6.57. The maximum atomic E-state index is 12.9. The average molecular weight is 315 g/mol. The number of carbonyl (C=O) groups is 1. The molecule has 1 aromatic heterocycles. The lowest BCUT2D eigenvalue weighted by Gasteiger charge is -2.32. The molecule has 1 saturated heterocycles. The predicted octanol–water partition coefficient (Wildman–Crippen LogP) is 3.16. The quantitative estimate of drug-likeness (QED) is 0.817. The molecule has 1 unspecified atom stereocenters. The minimum atomic E-state index is 0.142. The molecule has 1 amide bonds. The molecule has 0 N–H and O–H groups in total. The van der Waals surface area contributed by atoms with Crippen LogP contribution in [0.3, 0.4) is 0 Å². The fourth-order valence-electron chi connectivity index (χ4n) is 3.13. The maximum Gasteiger partial charge on any atom is 0.255 e. The Balaban J connectivity index is 1.80. The molecular weight excluding hydrogens is 294 g/mol. The van der Waals surface area contributed by atoms with Crippen LogP contribution >= 0.6 is 11.8 Å². The van der Waals surface area contributed by atoms with Gasteiger partial charge in [0, 0.05) is 43.3 Å². The van der Waals surface area contributed by atoms with Crippen LogP contribution in [0.15, 0.2) is 41.6 Å². The number of hydrogen-bond acceptors (Lipinski definition) is 3. The van der Waals surface area contributed by atoms with E-state index in [0.29, 0.717) is 5.92 Å². The third-order valence-electron chi connectivity index (χ3n) is 4.27. The van der Waals surface area contributed by atoms with Crippen LogP contribution in [0, 0.1) is 0 Å². The molecule has 1 atom stereocenters. The Morgan fingerprint density at radius 2 is 2.18 bits per heavy atom. The predicted molar refractivity (Wildman–Crippen MR) is 89.3 cm³/mol. The topological polar surface area (TPSA) is 38.1 Å². The monoisotopic (exact) mass is 315 g/mol. The Kier molecular flexibility index (Phi) is 4.52. The van der Waals surface area contributed by atoms with Crippen LogP contribution < -0.4 is 0 Å². The third kappa shape index (κ3) is 2.90. The highest BCUT2D eigenvalue weighted by atomic mass is 32.2. The normalized spacial score (nSPS) is 18.5. The number of benzene rings is 1. The number of rotatable bonds is 3. The molecule has 5 heteroatoms. The smallest absolute Gasteiger partial charge is 0.255 e. The van der Waals surface area contributed by atoms with Gasteiger partial charge >= 0.3 is 0 Å². The van der Waals surface area contributed by atoms with Crippen molar-refractivity contribution in [2.75, 3.05) is 19.3 Å². The van der Waals surface area contributed by atoms with Crippen molar-refractivity contribution in [2.24, 2.45) is 7.05 Å². The second-order valence-corrected chi connectivity index (χ2v) is 6.54. The number of aryl methyl sites for hydroxylation is 1. The summed E-state index contributed by atoms with van der Waals surface area (Å²) >= 11 is 1.62. The maximum absolute atomic E-state index is 12.9. The fraction of sp³-hybridized carbons (Fsp3) is 0.412. The number of aromatic nitrogens is 2. The van der Waals surface area contributed by atoms with Crippen molar-refractivity contribution in [3.05, 3.63) is 48.0 Å². The van der Waals surface area contributed by atoms with Crippen LogP contribution in [-0.2, 0) is 7.05 Å². The molecule has 0 radical (unpaired) electrons. The first-order chi connectivity index (χ1) is 10.7. The lowest BCUT2D eigenvalue weighted by Crippen LogP contribution is -2.39. The SMILES string of the molecule is CSc1ccccc1C(=O)N1CCCC(c2nccn2C)C1. The van der Waals surface area contributed by atoms with Crippen LogP contribution in [0.5, 0.6) is 0 Å². The van der Waals surface area contributed by atoms with Crippen LogP contribution in [0.25, 0.3) is 0 Å². The van der Waals surface area contributed by atoms with E-state index in [1.54, 1.807) is 11.8 Å². The number of thioether (sulfide) groups is 1. The van der Waals surface area contributed by atoms with Crippen molar-refractivity contribution in [2.45, 2.75) is 23.7 Å². The van der Waals surface area contributed by atoms with E-state index in [9.17, 15) is 4.79 Å². The van der Waals surface area contributed by atoms with Crippen molar-refractivity contribution in [1.29, 1.82) is 0 Å². The van der Waals surface area contributed by atoms with Crippen molar-refractivity contribution in [3.63, 3.8) is 0 Å². The largest absolute Gasteiger partial charge is 0.338 e. The molecule has 1 aliphatic heterocycles. The highest BCUT2D eigenvalue weighted by molar-refractivity contribution is 7.98. The molecule has 2 aromatic rings. The molecule has 3 rings (SSSR count). The summed E-state index contributed by atoms with van der Waals surface area (Å²) in [6, 6.07) is 7.86. The van der Waals surface area contributed by atoms with Crippen LogP contribution in [0.4, 0.5) is 0 Å². The van der Waals surface area contributed by atoms with Gasteiger partial charge in [-0.15, -0.1) is 11.8 Å². The van der Waals surface area contributed by atoms with Crippen LogP contribution in [-0.4, -0.2) is 39.7 Å². The Bertz CT molecular complexity index is 667. The molecule has 1 aromatic carbocycles. The molecule has 4 nitrogen and oxygen atoms in total. The van der Waals surface area contributed by atoms with Gasteiger partial charge < -0.3 is 9.47 Å². The van der Waals surface area contributed by atoms with Gasteiger partial charge in [0.1, 0.15) is 5.82 Å². The van der Waals surface area contributed by atoms with Crippen molar-refractivity contribution in [1.82, 2.24) is 14.5 Å². The fourth-order valence-corrected chi connectivity index (χ4v) is 3.72. The van der Waals surface area contributed by atoms with Crippen molar-refractivity contribution < 1.29 is 4.79 Å². The number of amides is 1. The van der Waals surface area contributed by atoms with E-state index in [2.05, 4.69) is 9.55 Å². The first-order valence-corrected chi connectivity index (χ1v) is 8.82. The van der Waals surface area contributed by atoms with E-state index >= 15 is 0 Å². The van der Waals surface area contributed by atoms with E-state index in [1.807, 2.05) is 54.9 Å². The Morgan fingerprint density at radius 1 is 1.36 bits per heavy atom. The lowest BCUT2D eigenvalue weighted by molar-refractivity contribution is 0.0700. The van der Waals surface area contributed by atoms with Gasteiger partial charge in [0.2, 0.25) is 0 Å². The summed E-state index contributed by atoms with van der Waals surface area (Å²) in [5.74, 6) is 1.55. The van der Waals surface area contributed by atoms with E-state index in [-0.39, 0.29) is 5.91 Å². The number of piperidine rings is 1. The number of hydrogen-bond donors (Lipinski definition) is 0. The minimum Gasteiger partial charge on any atom is -0.338 e. The van der Waals surface area contributed by atoms with Crippen LogP contribution in [0.2, 0.25) is 0 Å². The molecule has 2 heterocycles. The number of likely N-dealkylation sites (tertiary alicyclic amines) is 1. The average Bonchev–Trinajstić information content (AvgIpc) is 3.00. The van der Waals surface area contributed by atoms with Gasteiger partial charge in [-0.3, -0.25) is 4.79 Å². The van der Waals surface area contributed by atoms with E-state index < -0.39 is 0 Å². The van der Waals surface area contributed by atoms with Gasteiger partial charge in [-0.2, -0.15) is 0 Å². The summed E-state index contributed by atoms with van der Waals surface area (Å²) in [5.41, 5.74) is 0.815. The van der Waals surface area contributed by atoms with Gasteiger partial charge in [0.25, 0.3) is 5.91 Å². The molecule has 1 aliphatic rings. The van der Waals surface area contributed by atoms with Crippen molar-refractivity contribution in [3.8, 4) is 0 Å². The number of nitrogens with zero attached hydrogens (tertiary/aromatic N) is 3. The van der Waals surface area contributed by atoms with Gasteiger partial charge in [-0.25, -0.2) is 4.98 Å².